The van der Waals surface area contributed by atoms with Gasteiger partial charge in [-0.3, -0.25) is 14.4 Å². The lowest BCUT2D eigenvalue weighted by Gasteiger charge is -2.40. The number of carbonyl (C=O) groups excluding carboxylic acids is 3. The van der Waals surface area contributed by atoms with Crippen molar-refractivity contribution in [3.8, 4) is 5.69 Å². The summed E-state index contributed by atoms with van der Waals surface area (Å²) in [7, 11) is 0. The van der Waals surface area contributed by atoms with Crippen LogP contribution in [-0.2, 0) is 20.7 Å². The SMILES string of the molecule is O=C(O)c1ccc(NC(=O)C2c3cccc(C4CCC5OC=CC(=O)C5C4)c3CCN2C(=O)c2cn(-c3cccc(Cl)c3F)nn2)cc1. The molecule has 3 heterocycles. The van der Waals surface area contributed by atoms with Crippen LogP contribution in [0.25, 0.3) is 5.69 Å². The standard InChI is InChI=1S/C35H29ClFN5O6/c36-26-5-2-6-28(31(26)37)42-18-27(39-40-42)34(45)41-15-13-23-22(20-9-12-30-25(17-20)29(43)14-16-48-30)3-1-4-24(23)32(41)33(44)38-21-10-7-19(8-11-21)35(46)47/h1-8,10-11,14,16,18,20,25,30,32H,9,12-13,15,17H2,(H,38,44)(H,46,47). The molecule has 11 nitrogen and oxygen atoms in total. The second-order valence-electron chi connectivity index (χ2n) is 12.1. The summed E-state index contributed by atoms with van der Waals surface area (Å²) in [6.07, 6.45) is 6.68. The number of nitrogens with one attached hydrogen (secondary N) is 1. The van der Waals surface area contributed by atoms with Crippen LogP contribution in [-0.4, -0.2) is 61.2 Å². The van der Waals surface area contributed by atoms with E-state index in [1.165, 1.54) is 59.8 Å². The fourth-order valence-corrected chi connectivity index (χ4v) is 7.17. The number of nitrogens with zero attached hydrogens (tertiary/aromatic N) is 4. The smallest absolute Gasteiger partial charge is 0.335 e. The van der Waals surface area contributed by atoms with Gasteiger partial charge in [-0.05, 0) is 84.7 Å². The summed E-state index contributed by atoms with van der Waals surface area (Å²) in [5.74, 6) is -3.06. The van der Waals surface area contributed by atoms with Crippen molar-refractivity contribution in [3.05, 3.63) is 118 Å². The third-order valence-corrected chi connectivity index (χ3v) is 9.63. The maximum absolute atomic E-state index is 14.7. The molecule has 1 fully saturated rings. The molecule has 48 heavy (non-hydrogen) atoms. The molecule has 3 aliphatic rings. The zero-order chi connectivity index (χ0) is 33.5. The topological polar surface area (TPSA) is 144 Å². The zero-order valence-corrected chi connectivity index (χ0v) is 26.1. The quantitative estimate of drug-likeness (QED) is 0.274. The van der Waals surface area contributed by atoms with Gasteiger partial charge >= 0.3 is 5.97 Å². The Morgan fingerprint density at radius 1 is 1.02 bits per heavy atom. The van der Waals surface area contributed by atoms with Crippen LogP contribution < -0.4 is 5.32 Å². The minimum absolute atomic E-state index is 0.00819. The van der Waals surface area contributed by atoms with Gasteiger partial charge in [0.1, 0.15) is 17.8 Å². The van der Waals surface area contributed by atoms with Crippen molar-refractivity contribution in [2.75, 3.05) is 11.9 Å². The van der Waals surface area contributed by atoms with Gasteiger partial charge in [0.25, 0.3) is 11.8 Å². The second kappa shape index (κ2) is 12.7. The lowest BCUT2D eigenvalue weighted by atomic mass is 9.72. The normalized spacial score (nSPS) is 21.5. The average Bonchev–Trinajstić information content (AvgIpc) is 3.59. The number of fused-ring (bicyclic) bond motifs is 2. The fraction of sp³-hybridized carbons (Fsp3) is 0.257. The summed E-state index contributed by atoms with van der Waals surface area (Å²) in [4.78, 5) is 53.7. The molecule has 244 valence electrons. The Labute approximate surface area is 278 Å². The minimum atomic E-state index is -1.10. The summed E-state index contributed by atoms with van der Waals surface area (Å²) >= 11 is 5.95. The molecule has 3 aromatic carbocycles. The van der Waals surface area contributed by atoms with Crippen LogP contribution in [0.4, 0.5) is 10.1 Å². The number of ketones is 1. The van der Waals surface area contributed by atoms with Crippen molar-refractivity contribution >= 4 is 40.9 Å². The lowest BCUT2D eigenvalue weighted by molar-refractivity contribution is -0.126. The predicted octanol–water partition coefficient (Wildman–Crippen LogP) is 5.50. The second-order valence-corrected chi connectivity index (χ2v) is 12.5. The van der Waals surface area contributed by atoms with Gasteiger partial charge in [0, 0.05) is 18.3 Å². The molecule has 1 saturated carbocycles. The molecule has 1 aromatic heterocycles. The highest BCUT2D eigenvalue weighted by Crippen LogP contribution is 2.44. The number of halogens is 2. The summed E-state index contributed by atoms with van der Waals surface area (Å²) in [5.41, 5.74) is 2.93. The van der Waals surface area contributed by atoms with Crippen LogP contribution in [0.15, 0.2) is 79.2 Å². The third-order valence-electron chi connectivity index (χ3n) is 9.33. The van der Waals surface area contributed by atoms with Crippen molar-refractivity contribution in [3.63, 3.8) is 0 Å². The number of amides is 2. The Bertz CT molecular complexity index is 1980. The van der Waals surface area contributed by atoms with Crippen molar-refractivity contribution in [2.24, 2.45) is 5.92 Å². The number of benzene rings is 3. The Morgan fingerprint density at radius 2 is 1.79 bits per heavy atom. The Morgan fingerprint density at radius 3 is 2.58 bits per heavy atom. The van der Waals surface area contributed by atoms with Gasteiger partial charge in [-0.2, -0.15) is 0 Å². The van der Waals surface area contributed by atoms with Gasteiger partial charge in [-0.25, -0.2) is 13.9 Å². The monoisotopic (exact) mass is 669 g/mol. The van der Waals surface area contributed by atoms with E-state index in [0.29, 0.717) is 24.1 Å². The molecule has 2 N–H and O–H groups in total. The van der Waals surface area contributed by atoms with E-state index in [9.17, 15) is 28.7 Å². The molecule has 0 spiro atoms. The molecule has 2 aliphatic heterocycles. The predicted molar refractivity (Wildman–Crippen MR) is 171 cm³/mol. The molecule has 0 radical (unpaired) electrons. The van der Waals surface area contributed by atoms with E-state index in [-0.39, 0.29) is 52.2 Å². The highest BCUT2D eigenvalue weighted by atomic mass is 35.5. The van der Waals surface area contributed by atoms with Crippen molar-refractivity contribution in [2.45, 2.75) is 43.7 Å². The number of carboxylic acids is 1. The highest BCUT2D eigenvalue weighted by Gasteiger charge is 2.42. The maximum atomic E-state index is 14.7. The summed E-state index contributed by atoms with van der Waals surface area (Å²) in [5, 5.41) is 20.0. The van der Waals surface area contributed by atoms with Crippen molar-refractivity contribution in [1.82, 2.24) is 19.9 Å². The minimum Gasteiger partial charge on any atom is -0.497 e. The van der Waals surface area contributed by atoms with E-state index in [1.807, 2.05) is 18.2 Å². The first kappa shape index (κ1) is 31.3. The summed E-state index contributed by atoms with van der Waals surface area (Å²) in [6.45, 7) is 0.167. The van der Waals surface area contributed by atoms with Crippen LogP contribution in [0, 0.1) is 11.7 Å². The number of hydrogen-bond donors (Lipinski definition) is 2. The number of ether oxygens (including phenoxy) is 1. The number of carbonyl (C=O) groups is 4. The van der Waals surface area contributed by atoms with Crippen LogP contribution >= 0.6 is 11.6 Å². The van der Waals surface area contributed by atoms with Gasteiger partial charge in [0.15, 0.2) is 17.3 Å². The van der Waals surface area contributed by atoms with Gasteiger partial charge in [-0.1, -0.05) is 41.1 Å². The zero-order valence-electron chi connectivity index (χ0n) is 25.4. The highest BCUT2D eigenvalue weighted by molar-refractivity contribution is 6.30. The first-order valence-corrected chi connectivity index (χ1v) is 15.9. The van der Waals surface area contributed by atoms with Crippen LogP contribution in [0.3, 0.4) is 0 Å². The first-order valence-electron chi connectivity index (χ1n) is 15.5. The maximum Gasteiger partial charge on any atom is 0.335 e. The molecule has 4 aromatic rings. The largest absolute Gasteiger partial charge is 0.497 e. The molecule has 0 saturated heterocycles. The van der Waals surface area contributed by atoms with Crippen molar-refractivity contribution < 1.29 is 33.4 Å². The van der Waals surface area contributed by atoms with Crippen LogP contribution in [0.1, 0.15) is 68.8 Å². The summed E-state index contributed by atoms with van der Waals surface area (Å²) < 4.78 is 21.6. The molecule has 4 unspecified atom stereocenters. The lowest BCUT2D eigenvalue weighted by Crippen LogP contribution is -2.46. The molecular weight excluding hydrogens is 641 g/mol. The number of allylic oxidation sites excluding steroid dienone is 1. The van der Waals surface area contributed by atoms with Crippen LogP contribution in [0.5, 0.6) is 0 Å². The van der Waals surface area contributed by atoms with E-state index in [1.54, 1.807) is 6.07 Å². The average molecular weight is 670 g/mol. The molecule has 0 bridgehead atoms. The number of rotatable bonds is 6. The van der Waals surface area contributed by atoms with E-state index in [4.69, 9.17) is 16.3 Å². The summed E-state index contributed by atoms with van der Waals surface area (Å²) in [6, 6.07) is 14.7. The Kier molecular flexibility index (Phi) is 8.26. The van der Waals surface area contributed by atoms with Gasteiger partial charge in [0.05, 0.1) is 29.0 Å². The van der Waals surface area contributed by atoms with E-state index in [0.717, 1.165) is 28.7 Å². The van der Waals surface area contributed by atoms with E-state index >= 15 is 0 Å². The fourth-order valence-electron chi connectivity index (χ4n) is 7.00. The third kappa shape index (κ3) is 5.72. The number of anilines is 1. The van der Waals surface area contributed by atoms with Gasteiger partial charge < -0.3 is 20.1 Å². The molecule has 7 rings (SSSR count). The molecule has 1 aliphatic carbocycles. The molecular formula is C35H29ClFN5O6. The Hall–Kier alpha value is -5.36. The number of carboxylic acid groups (broad SMARTS) is 1. The molecule has 13 heteroatoms. The Balaban J connectivity index is 1.23. The van der Waals surface area contributed by atoms with Crippen LogP contribution in [0.2, 0.25) is 5.02 Å². The number of aromatic nitrogens is 3. The molecule has 2 amide bonds. The van der Waals surface area contributed by atoms with E-state index in [2.05, 4.69) is 15.6 Å². The van der Waals surface area contributed by atoms with Gasteiger partial charge in [0.2, 0.25) is 0 Å². The number of hydrogen-bond acceptors (Lipinski definition) is 7. The number of aromatic carboxylic acids is 1. The van der Waals surface area contributed by atoms with Crippen molar-refractivity contribution in [1.29, 1.82) is 0 Å². The van der Waals surface area contributed by atoms with E-state index < -0.39 is 29.6 Å². The van der Waals surface area contributed by atoms with Gasteiger partial charge in [-0.15, -0.1) is 5.10 Å². The first-order chi connectivity index (χ1) is 23.2. The molecule has 4 atom stereocenters.